The van der Waals surface area contributed by atoms with E-state index in [2.05, 4.69) is 0 Å². The molecule has 1 fully saturated rings. The van der Waals surface area contributed by atoms with Crippen LogP contribution in [-0.2, 0) is 9.59 Å². The molecule has 2 N–H and O–H groups in total. The fourth-order valence-corrected chi connectivity index (χ4v) is 2.35. The SMILES string of the molecule is CN1C(=N)N(C)C(=O)C(=Cc2cc(Cl)cc(Cl)c2O)C1=O. The van der Waals surface area contributed by atoms with Gasteiger partial charge in [-0.1, -0.05) is 23.2 Å². The zero-order valence-electron chi connectivity index (χ0n) is 11.1. The molecular weight excluding hydrogens is 317 g/mol. The molecule has 21 heavy (non-hydrogen) atoms. The molecule has 0 radical (unpaired) electrons. The van der Waals surface area contributed by atoms with E-state index in [4.69, 9.17) is 28.6 Å². The minimum Gasteiger partial charge on any atom is -0.506 e. The highest BCUT2D eigenvalue weighted by Crippen LogP contribution is 2.33. The first-order valence-corrected chi connectivity index (χ1v) is 6.54. The number of halogens is 2. The number of amides is 2. The van der Waals surface area contributed by atoms with Gasteiger partial charge in [-0.25, -0.2) is 0 Å². The van der Waals surface area contributed by atoms with Crippen molar-refractivity contribution in [2.75, 3.05) is 14.1 Å². The highest BCUT2D eigenvalue weighted by atomic mass is 35.5. The zero-order chi connectivity index (χ0) is 15.9. The molecular formula is C13H11Cl2N3O3. The number of likely N-dealkylation sites (N-methyl/N-ethyl adjacent to an activating group) is 2. The number of rotatable bonds is 1. The van der Waals surface area contributed by atoms with Crippen molar-refractivity contribution in [1.82, 2.24) is 9.80 Å². The van der Waals surface area contributed by atoms with Crippen LogP contribution < -0.4 is 0 Å². The third-order valence-electron chi connectivity index (χ3n) is 3.06. The van der Waals surface area contributed by atoms with Crippen molar-refractivity contribution in [2.45, 2.75) is 0 Å². The summed E-state index contributed by atoms with van der Waals surface area (Å²) in [7, 11) is 2.76. The number of aromatic hydroxyl groups is 1. The van der Waals surface area contributed by atoms with Gasteiger partial charge in [-0.15, -0.1) is 0 Å². The van der Waals surface area contributed by atoms with Crippen molar-refractivity contribution in [3.8, 4) is 5.75 Å². The van der Waals surface area contributed by atoms with E-state index in [1.807, 2.05) is 0 Å². The van der Waals surface area contributed by atoms with Crippen LogP contribution in [0.15, 0.2) is 17.7 Å². The number of hydrogen-bond donors (Lipinski definition) is 2. The van der Waals surface area contributed by atoms with E-state index < -0.39 is 11.8 Å². The van der Waals surface area contributed by atoms with Gasteiger partial charge in [-0.3, -0.25) is 24.8 Å². The number of phenolic OH excluding ortho intramolecular Hbond substituents is 1. The normalized spacial score (nSPS) is 15.8. The summed E-state index contributed by atoms with van der Waals surface area (Å²) in [6.45, 7) is 0. The predicted octanol–water partition coefficient (Wildman–Crippen LogP) is 1.95. The van der Waals surface area contributed by atoms with Crippen LogP contribution in [0.4, 0.5) is 0 Å². The number of benzene rings is 1. The van der Waals surface area contributed by atoms with Gasteiger partial charge in [0.1, 0.15) is 11.3 Å². The van der Waals surface area contributed by atoms with E-state index in [1.165, 1.54) is 32.3 Å². The molecule has 6 nitrogen and oxygen atoms in total. The summed E-state index contributed by atoms with van der Waals surface area (Å²) in [5, 5.41) is 17.8. The predicted molar refractivity (Wildman–Crippen MR) is 79.4 cm³/mol. The van der Waals surface area contributed by atoms with Crippen LogP contribution in [0, 0.1) is 5.41 Å². The van der Waals surface area contributed by atoms with Crippen LogP contribution in [0.25, 0.3) is 6.08 Å². The van der Waals surface area contributed by atoms with Gasteiger partial charge in [-0.05, 0) is 18.2 Å². The topological polar surface area (TPSA) is 84.7 Å². The van der Waals surface area contributed by atoms with Crippen LogP contribution in [0.2, 0.25) is 10.0 Å². The Morgan fingerprint density at radius 2 is 1.67 bits per heavy atom. The second-order valence-corrected chi connectivity index (χ2v) is 5.28. The Morgan fingerprint density at radius 1 is 1.14 bits per heavy atom. The van der Waals surface area contributed by atoms with Crippen LogP contribution in [0.1, 0.15) is 5.56 Å². The van der Waals surface area contributed by atoms with Gasteiger partial charge in [0, 0.05) is 24.7 Å². The highest BCUT2D eigenvalue weighted by Gasteiger charge is 2.35. The quantitative estimate of drug-likeness (QED) is 0.610. The van der Waals surface area contributed by atoms with Gasteiger partial charge in [0.2, 0.25) is 5.96 Å². The molecule has 0 saturated carbocycles. The Bertz CT molecular complexity index is 674. The van der Waals surface area contributed by atoms with Gasteiger partial charge in [-0.2, -0.15) is 0 Å². The molecule has 2 rings (SSSR count). The Morgan fingerprint density at radius 3 is 2.19 bits per heavy atom. The summed E-state index contributed by atoms with van der Waals surface area (Å²) in [6.07, 6.45) is 1.21. The lowest BCUT2D eigenvalue weighted by molar-refractivity contribution is -0.132. The Balaban J connectivity index is 2.57. The van der Waals surface area contributed by atoms with Crippen molar-refractivity contribution in [3.63, 3.8) is 0 Å². The standard InChI is InChI=1S/C13H11Cl2N3O3/c1-17-11(20)8(12(21)18(2)13(17)16)4-6-3-7(14)5-9(15)10(6)19/h3-5,16,19H,1-2H3. The monoisotopic (exact) mass is 327 g/mol. The summed E-state index contributed by atoms with van der Waals surface area (Å²) >= 11 is 11.6. The Hall–Kier alpha value is -2.05. The Labute approximate surface area is 130 Å². The third kappa shape index (κ3) is 2.59. The molecule has 0 aliphatic carbocycles. The number of guanidine groups is 1. The van der Waals surface area contributed by atoms with Crippen LogP contribution in [0.3, 0.4) is 0 Å². The molecule has 0 spiro atoms. The summed E-state index contributed by atoms with van der Waals surface area (Å²) in [5.74, 6) is -1.78. The molecule has 8 heteroatoms. The maximum absolute atomic E-state index is 12.1. The van der Waals surface area contributed by atoms with Crippen molar-refractivity contribution in [3.05, 3.63) is 33.3 Å². The molecule has 0 unspecified atom stereocenters. The largest absolute Gasteiger partial charge is 0.506 e. The summed E-state index contributed by atoms with van der Waals surface area (Å²) in [6, 6.07) is 2.73. The van der Waals surface area contributed by atoms with E-state index in [-0.39, 0.29) is 32.9 Å². The van der Waals surface area contributed by atoms with E-state index >= 15 is 0 Å². The van der Waals surface area contributed by atoms with E-state index in [1.54, 1.807) is 0 Å². The van der Waals surface area contributed by atoms with Crippen molar-refractivity contribution < 1.29 is 14.7 Å². The number of nitrogens with one attached hydrogen (secondary N) is 1. The minimum absolute atomic E-state index is 0.0134. The highest BCUT2D eigenvalue weighted by molar-refractivity contribution is 6.36. The van der Waals surface area contributed by atoms with Crippen LogP contribution in [0.5, 0.6) is 5.75 Å². The molecule has 1 aliphatic heterocycles. The van der Waals surface area contributed by atoms with Crippen molar-refractivity contribution >= 4 is 47.1 Å². The first kappa shape index (κ1) is 15.3. The van der Waals surface area contributed by atoms with Crippen LogP contribution in [-0.4, -0.2) is 46.8 Å². The molecule has 0 atom stereocenters. The van der Waals surface area contributed by atoms with E-state index in [0.717, 1.165) is 9.80 Å². The van der Waals surface area contributed by atoms with Crippen molar-refractivity contribution in [1.29, 1.82) is 5.41 Å². The third-order valence-corrected chi connectivity index (χ3v) is 3.57. The van der Waals surface area contributed by atoms with Crippen LogP contribution >= 0.6 is 23.2 Å². The van der Waals surface area contributed by atoms with E-state index in [9.17, 15) is 14.7 Å². The molecule has 1 aromatic rings. The number of carbonyl (C=O) groups is 2. The second kappa shape index (κ2) is 5.38. The average molecular weight is 328 g/mol. The van der Waals surface area contributed by atoms with Gasteiger partial charge in [0.15, 0.2) is 0 Å². The maximum atomic E-state index is 12.1. The zero-order valence-corrected chi connectivity index (χ0v) is 12.7. The van der Waals surface area contributed by atoms with Gasteiger partial charge in [0.05, 0.1) is 5.02 Å². The Kier molecular flexibility index (Phi) is 3.93. The van der Waals surface area contributed by atoms with Gasteiger partial charge >= 0.3 is 0 Å². The number of nitrogens with zero attached hydrogens (tertiary/aromatic N) is 2. The molecule has 110 valence electrons. The molecule has 1 aromatic carbocycles. The smallest absolute Gasteiger partial charge is 0.265 e. The fourth-order valence-electron chi connectivity index (χ4n) is 1.85. The fraction of sp³-hybridized carbons (Fsp3) is 0.154. The summed E-state index contributed by atoms with van der Waals surface area (Å²) in [4.78, 5) is 26.2. The average Bonchev–Trinajstić information content (AvgIpc) is 2.44. The summed E-state index contributed by atoms with van der Waals surface area (Å²) < 4.78 is 0. The number of hydrogen-bond acceptors (Lipinski definition) is 4. The lowest BCUT2D eigenvalue weighted by Gasteiger charge is -2.31. The first-order chi connectivity index (χ1) is 9.73. The molecule has 1 aliphatic rings. The van der Waals surface area contributed by atoms with E-state index in [0.29, 0.717) is 0 Å². The molecule has 0 bridgehead atoms. The molecule has 1 saturated heterocycles. The number of carbonyl (C=O) groups excluding carboxylic acids is 2. The minimum atomic E-state index is -0.640. The lowest BCUT2D eigenvalue weighted by atomic mass is 10.1. The van der Waals surface area contributed by atoms with Gasteiger partial charge in [0.25, 0.3) is 11.8 Å². The first-order valence-electron chi connectivity index (χ1n) is 5.78. The lowest BCUT2D eigenvalue weighted by Crippen LogP contribution is -2.53. The maximum Gasteiger partial charge on any atom is 0.265 e. The van der Waals surface area contributed by atoms with Crippen molar-refractivity contribution in [2.24, 2.45) is 0 Å². The van der Waals surface area contributed by atoms with Gasteiger partial charge < -0.3 is 5.11 Å². The number of phenols is 1. The second-order valence-electron chi connectivity index (χ2n) is 4.44. The summed E-state index contributed by atoms with van der Waals surface area (Å²) in [5.41, 5.74) is -0.0379. The molecule has 2 amide bonds. The molecule has 0 aromatic heterocycles. The molecule has 1 heterocycles.